The Hall–Kier alpha value is 0.230. The number of rotatable bonds is 8. The summed E-state index contributed by atoms with van der Waals surface area (Å²) in [4.78, 5) is 7.41. The molecule has 0 amide bonds. The van der Waals surface area contributed by atoms with Crippen LogP contribution in [0.4, 0.5) is 0 Å². The van der Waals surface area contributed by atoms with Crippen LogP contribution in [0.5, 0.6) is 0 Å². The highest BCUT2D eigenvalue weighted by Gasteiger charge is 2.31. The summed E-state index contributed by atoms with van der Waals surface area (Å²) in [7, 11) is 1.77. The molecule has 0 saturated carbocycles. The minimum Gasteiger partial charge on any atom is -0.383 e. The number of ether oxygens (including phenoxy) is 2. The van der Waals surface area contributed by atoms with Gasteiger partial charge in [-0.25, -0.2) is 0 Å². The van der Waals surface area contributed by atoms with Crippen molar-refractivity contribution in [2.45, 2.75) is 43.4 Å². The van der Waals surface area contributed by atoms with Crippen LogP contribution in [-0.2, 0) is 9.47 Å². The van der Waals surface area contributed by atoms with Gasteiger partial charge in [-0.05, 0) is 38.9 Å². The molecule has 0 aromatic rings. The van der Waals surface area contributed by atoms with Crippen molar-refractivity contribution in [3.63, 3.8) is 0 Å². The maximum Gasteiger partial charge on any atom is 0.191 e. The fourth-order valence-corrected chi connectivity index (χ4v) is 4.20. The van der Waals surface area contributed by atoms with E-state index in [0.717, 1.165) is 84.2 Å². The first-order valence-electron chi connectivity index (χ1n) is 9.60. The Bertz CT molecular complexity index is 401. The first-order valence-corrected chi connectivity index (χ1v) is 10.8. The second-order valence-electron chi connectivity index (χ2n) is 6.95. The zero-order valence-corrected chi connectivity index (χ0v) is 19.7. The van der Waals surface area contributed by atoms with Gasteiger partial charge in [0, 0.05) is 57.3 Å². The Labute approximate surface area is 180 Å². The van der Waals surface area contributed by atoms with E-state index >= 15 is 0 Å². The molecular formula is C18H37IN4O2S. The average Bonchev–Trinajstić information content (AvgIpc) is 2.66. The lowest BCUT2D eigenvalue weighted by atomic mass is 9.99. The van der Waals surface area contributed by atoms with Crippen LogP contribution in [0.1, 0.15) is 32.6 Å². The van der Waals surface area contributed by atoms with E-state index < -0.39 is 0 Å². The highest BCUT2D eigenvalue weighted by molar-refractivity contribution is 14.0. The average molecular weight is 500 g/mol. The Morgan fingerprint density at radius 3 is 2.58 bits per heavy atom. The molecule has 0 aliphatic carbocycles. The van der Waals surface area contributed by atoms with Crippen LogP contribution in [0.3, 0.4) is 0 Å². The molecular weight excluding hydrogens is 463 g/mol. The number of hydrogen-bond acceptors (Lipinski definition) is 5. The lowest BCUT2D eigenvalue weighted by Gasteiger charge is -2.35. The van der Waals surface area contributed by atoms with Crippen molar-refractivity contribution < 1.29 is 9.47 Å². The third-order valence-electron chi connectivity index (χ3n) is 5.25. The predicted octanol–water partition coefficient (Wildman–Crippen LogP) is 2.18. The number of nitrogens with one attached hydrogen (secondary N) is 2. The molecule has 2 aliphatic heterocycles. The Morgan fingerprint density at radius 1 is 1.31 bits per heavy atom. The number of halogens is 1. The van der Waals surface area contributed by atoms with Gasteiger partial charge in [0.15, 0.2) is 5.96 Å². The van der Waals surface area contributed by atoms with E-state index in [4.69, 9.17) is 14.5 Å². The third-order valence-corrected chi connectivity index (χ3v) is 6.65. The standard InChI is InChI=1S/C18H36N4O2S.HI/c1-4-19-17(20-15-18(25-3)7-12-24-13-8-18)21-16-5-9-22(10-6-16)11-14-23-2;/h16H,4-15H2,1-3H3,(H2,19,20,21);1H. The van der Waals surface area contributed by atoms with Crippen molar-refractivity contribution in [2.24, 2.45) is 4.99 Å². The van der Waals surface area contributed by atoms with E-state index in [1.807, 2.05) is 11.8 Å². The van der Waals surface area contributed by atoms with Gasteiger partial charge in [0.2, 0.25) is 0 Å². The topological polar surface area (TPSA) is 58.1 Å². The minimum absolute atomic E-state index is 0. The second kappa shape index (κ2) is 13.4. The van der Waals surface area contributed by atoms with E-state index in [1.165, 1.54) is 0 Å². The fraction of sp³-hybridized carbons (Fsp3) is 0.944. The molecule has 0 aromatic heterocycles. The van der Waals surface area contributed by atoms with Crippen molar-refractivity contribution in [3.8, 4) is 0 Å². The Balaban J connectivity index is 0.00000338. The van der Waals surface area contributed by atoms with Crippen molar-refractivity contribution >= 4 is 41.7 Å². The van der Waals surface area contributed by atoms with E-state index in [2.05, 4.69) is 28.7 Å². The van der Waals surface area contributed by atoms with Gasteiger partial charge < -0.3 is 25.0 Å². The highest BCUT2D eigenvalue weighted by atomic mass is 127. The van der Waals surface area contributed by atoms with E-state index in [1.54, 1.807) is 7.11 Å². The molecule has 2 heterocycles. The molecule has 0 bridgehead atoms. The third kappa shape index (κ3) is 8.08. The van der Waals surface area contributed by atoms with Crippen LogP contribution in [0.25, 0.3) is 0 Å². The van der Waals surface area contributed by atoms with Gasteiger partial charge >= 0.3 is 0 Å². The van der Waals surface area contributed by atoms with Gasteiger partial charge in [0.1, 0.15) is 0 Å². The van der Waals surface area contributed by atoms with Gasteiger partial charge in [0.25, 0.3) is 0 Å². The lowest BCUT2D eigenvalue weighted by molar-refractivity contribution is 0.0794. The molecule has 2 aliphatic rings. The summed E-state index contributed by atoms with van der Waals surface area (Å²) in [5.41, 5.74) is 0. The number of likely N-dealkylation sites (tertiary alicyclic amines) is 1. The molecule has 2 rings (SSSR count). The zero-order valence-electron chi connectivity index (χ0n) is 16.6. The number of nitrogens with zero attached hydrogens (tertiary/aromatic N) is 2. The van der Waals surface area contributed by atoms with Crippen LogP contribution in [0.15, 0.2) is 4.99 Å². The molecule has 6 nitrogen and oxygen atoms in total. The van der Waals surface area contributed by atoms with Crippen LogP contribution < -0.4 is 10.6 Å². The van der Waals surface area contributed by atoms with Gasteiger partial charge in [-0.3, -0.25) is 4.99 Å². The number of aliphatic imine (C=N–C) groups is 1. The van der Waals surface area contributed by atoms with Crippen molar-refractivity contribution in [3.05, 3.63) is 0 Å². The maximum atomic E-state index is 5.53. The van der Waals surface area contributed by atoms with Crippen LogP contribution >= 0.6 is 35.7 Å². The van der Waals surface area contributed by atoms with E-state index in [9.17, 15) is 0 Å². The summed E-state index contributed by atoms with van der Waals surface area (Å²) in [6.07, 6.45) is 6.71. The molecule has 0 atom stereocenters. The van der Waals surface area contributed by atoms with Crippen LogP contribution in [0.2, 0.25) is 0 Å². The molecule has 0 spiro atoms. The molecule has 0 unspecified atom stereocenters. The zero-order chi connectivity index (χ0) is 18.0. The number of thioether (sulfide) groups is 1. The Morgan fingerprint density at radius 2 is 2.00 bits per heavy atom. The number of hydrogen-bond donors (Lipinski definition) is 2. The molecule has 26 heavy (non-hydrogen) atoms. The van der Waals surface area contributed by atoms with Crippen LogP contribution in [0, 0.1) is 0 Å². The Kier molecular flexibility index (Phi) is 12.5. The summed E-state index contributed by atoms with van der Waals surface area (Å²) in [5.74, 6) is 0.970. The SMILES string of the molecule is CCNC(=NCC1(SC)CCOCC1)NC1CCN(CCOC)CC1.I. The second-order valence-corrected chi connectivity index (χ2v) is 8.22. The molecule has 154 valence electrons. The minimum atomic E-state index is 0. The summed E-state index contributed by atoms with van der Waals surface area (Å²) in [5, 5.41) is 7.08. The fourth-order valence-electron chi connectivity index (χ4n) is 3.43. The molecule has 0 radical (unpaired) electrons. The molecule has 2 saturated heterocycles. The number of methoxy groups -OCH3 is 1. The number of piperidine rings is 1. The van der Waals surface area contributed by atoms with E-state index in [-0.39, 0.29) is 28.7 Å². The van der Waals surface area contributed by atoms with Crippen molar-refractivity contribution in [1.82, 2.24) is 15.5 Å². The lowest BCUT2D eigenvalue weighted by Crippen LogP contribution is -2.49. The number of guanidine groups is 1. The normalized spacial score (nSPS) is 21.9. The van der Waals surface area contributed by atoms with Gasteiger partial charge in [0.05, 0.1) is 13.2 Å². The van der Waals surface area contributed by atoms with Crippen molar-refractivity contribution in [2.75, 3.05) is 65.9 Å². The van der Waals surface area contributed by atoms with E-state index in [0.29, 0.717) is 6.04 Å². The molecule has 0 aromatic carbocycles. The summed E-state index contributed by atoms with van der Waals surface area (Å²) >= 11 is 1.95. The molecule has 8 heteroatoms. The monoisotopic (exact) mass is 500 g/mol. The van der Waals surface area contributed by atoms with Gasteiger partial charge in [-0.1, -0.05) is 0 Å². The summed E-state index contributed by atoms with van der Waals surface area (Å²) < 4.78 is 11.0. The van der Waals surface area contributed by atoms with Gasteiger partial charge in [-0.2, -0.15) is 11.8 Å². The molecule has 2 fully saturated rings. The smallest absolute Gasteiger partial charge is 0.191 e. The quantitative estimate of drug-likeness (QED) is 0.303. The molecule has 2 N–H and O–H groups in total. The summed E-state index contributed by atoms with van der Waals surface area (Å²) in [6, 6.07) is 0.511. The maximum absolute atomic E-state index is 5.53. The van der Waals surface area contributed by atoms with Crippen molar-refractivity contribution in [1.29, 1.82) is 0 Å². The first-order chi connectivity index (χ1) is 12.2. The highest BCUT2D eigenvalue weighted by Crippen LogP contribution is 2.33. The van der Waals surface area contributed by atoms with Crippen LogP contribution in [-0.4, -0.2) is 87.6 Å². The largest absolute Gasteiger partial charge is 0.383 e. The first kappa shape index (κ1) is 24.3. The predicted molar refractivity (Wildman–Crippen MR) is 122 cm³/mol. The van der Waals surface area contributed by atoms with Gasteiger partial charge in [-0.15, -0.1) is 24.0 Å². The summed E-state index contributed by atoms with van der Waals surface area (Å²) in [6.45, 7) is 9.73.